The summed E-state index contributed by atoms with van der Waals surface area (Å²) in [5.41, 5.74) is 2.14. The summed E-state index contributed by atoms with van der Waals surface area (Å²) in [7, 11) is 0. The van der Waals surface area contributed by atoms with Crippen molar-refractivity contribution >= 4 is 29.9 Å². The predicted octanol–water partition coefficient (Wildman–Crippen LogP) is 4.67. The molecule has 2 aromatic rings. The monoisotopic (exact) mass is 494 g/mol. The summed E-state index contributed by atoms with van der Waals surface area (Å²) in [5, 5.41) is 6.62. The Morgan fingerprint density at radius 1 is 1.11 bits per heavy atom. The van der Waals surface area contributed by atoms with Crippen molar-refractivity contribution in [1.82, 2.24) is 15.6 Å². The molecule has 0 aliphatic heterocycles. The molecule has 152 valence electrons. The number of nitrogens with one attached hydrogen (secondary N) is 2. The fourth-order valence-corrected chi connectivity index (χ4v) is 3.28. The molecule has 28 heavy (non-hydrogen) atoms. The van der Waals surface area contributed by atoms with Gasteiger partial charge in [-0.25, -0.2) is 4.99 Å². The van der Waals surface area contributed by atoms with Gasteiger partial charge in [-0.15, -0.1) is 24.0 Å². The van der Waals surface area contributed by atoms with E-state index < -0.39 is 0 Å². The first-order chi connectivity index (χ1) is 13.3. The molecule has 1 saturated carbocycles. The zero-order valence-corrected chi connectivity index (χ0v) is 18.9. The fraction of sp³-hybridized carbons (Fsp3) is 0.455. The number of ether oxygens (including phenoxy) is 1. The average molecular weight is 494 g/mol. The Balaban J connectivity index is 0.00000280. The van der Waals surface area contributed by atoms with Crippen LogP contribution in [0.2, 0.25) is 0 Å². The van der Waals surface area contributed by atoms with E-state index in [0.29, 0.717) is 19.2 Å². The molecule has 0 amide bonds. The third-order valence-electron chi connectivity index (χ3n) is 4.68. The molecule has 6 heteroatoms. The number of pyridine rings is 1. The molecule has 0 spiro atoms. The molecular weight excluding hydrogens is 463 g/mol. The van der Waals surface area contributed by atoms with Crippen LogP contribution in [0.4, 0.5) is 0 Å². The molecule has 1 aromatic heterocycles. The first-order valence-electron chi connectivity index (χ1n) is 10.0. The maximum atomic E-state index is 6.17. The maximum Gasteiger partial charge on any atom is 0.191 e. The third-order valence-corrected chi connectivity index (χ3v) is 4.68. The van der Waals surface area contributed by atoms with Gasteiger partial charge in [0.25, 0.3) is 0 Å². The standard InChI is InChI=1S/C22H30N4O.HI/c1-2-23-22(26-17-19-10-6-7-14-24-19)25-16-18-9-8-13-21(15-18)27-20-11-4-3-5-12-20;/h6-10,13-15,20H,2-5,11-12,16-17H2,1H3,(H2,23,25,26);1H. The Labute approximate surface area is 185 Å². The van der Waals surface area contributed by atoms with E-state index in [4.69, 9.17) is 9.73 Å². The van der Waals surface area contributed by atoms with Crippen LogP contribution in [-0.4, -0.2) is 23.6 Å². The van der Waals surface area contributed by atoms with E-state index in [1.807, 2.05) is 24.3 Å². The van der Waals surface area contributed by atoms with Gasteiger partial charge in [0.2, 0.25) is 0 Å². The highest BCUT2D eigenvalue weighted by atomic mass is 127. The SMILES string of the molecule is CCNC(=NCc1cccc(OC2CCCCC2)c1)NCc1ccccn1.I. The maximum absolute atomic E-state index is 6.17. The fourth-order valence-electron chi connectivity index (χ4n) is 3.28. The van der Waals surface area contributed by atoms with E-state index in [0.717, 1.165) is 29.5 Å². The van der Waals surface area contributed by atoms with E-state index in [1.165, 1.54) is 32.1 Å². The molecule has 1 fully saturated rings. The molecule has 0 atom stereocenters. The molecular formula is C22H31IN4O. The van der Waals surface area contributed by atoms with E-state index in [1.54, 1.807) is 6.20 Å². The lowest BCUT2D eigenvalue weighted by atomic mass is 9.98. The summed E-state index contributed by atoms with van der Waals surface area (Å²) in [4.78, 5) is 9.03. The first kappa shape index (κ1) is 22.5. The highest BCUT2D eigenvalue weighted by Gasteiger charge is 2.14. The molecule has 1 aliphatic rings. The molecule has 0 saturated heterocycles. The van der Waals surface area contributed by atoms with E-state index in [2.05, 4.69) is 40.7 Å². The van der Waals surface area contributed by atoms with Gasteiger partial charge in [-0.2, -0.15) is 0 Å². The van der Waals surface area contributed by atoms with Crippen molar-refractivity contribution in [2.75, 3.05) is 6.54 Å². The normalized spacial score (nSPS) is 14.8. The second-order valence-corrected chi connectivity index (χ2v) is 6.90. The minimum atomic E-state index is 0. The lowest BCUT2D eigenvalue weighted by Crippen LogP contribution is -2.37. The largest absolute Gasteiger partial charge is 0.490 e. The lowest BCUT2D eigenvalue weighted by Gasteiger charge is -2.23. The van der Waals surface area contributed by atoms with Gasteiger partial charge in [-0.1, -0.05) is 24.6 Å². The number of hydrogen-bond donors (Lipinski definition) is 2. The van der Waals surface area contributed by atoms with Crippen molar-refractivity contribution in [2.45, 2.75) is 58.2 Å². The molecule has 2 N–H and O–H groups in total. The summed E-state index contributed by atoms with van der Waals surface area (Å²) in [6.45, 7) is 4.15. The number of benzene rings is 1. The number of hydrogen-bond acceptors (Lipinski definition) is 3. The molecule has 1 aromatic carbocycles. The smallest absolute Gasteiger partial charge is 0.191 e. The van der Waals surface area contributed by atoms with Gasteiger partial charge in [0.1, 0.15) is 5.75 Å². The Bertz CT molecular complexity index is 717. The van der Waals surface area contributed by atoms with Crippen molar-refractivity contribution in [3.05, 3.63) is 59.9 Å². The number of guanidine groups is 1. The second-order valence-electron chi connectivity index (χ2n) is 6.90. The second kappa shape index (κ2) is 12.6. The Morgan fingerprint density at radius 3 is 2.71 bits per heavy atom. The van der Waals surface area contributed by atoms with Gasteiger partial charge in [-0.05, 0) is 62.4 Å². The minimum absolute atomic E-state index is 0. The third kappa shape index (κ3) is 7.66. The quantitative estimate of drug-likeness (QED) is 0.334. The van der Waals surface area contributed by atoms with E-state index >= 15 is 0 Å². The highest BCUT2D eigenvalue weighted by Crippen LogP contribution is 2.24. The van der Waals surface area contributed by atoms with Crippen LogP contribution in [0.15, 0.2) is 53.7 Å². The number of aromatic nitrogens is 1. The van der Waals surface area contributed by atoms with Crippen LogP contribution in [0.25, 0.3) is 0 Å². The van der Waals surface area contributed by atoms with Gasteiger partial charge < -0.3 is 15.4 Å². The predicted molar refractivity (Wildman–Crippen MR) is 125 cm³/mol. The Kier molecular flexibility index (Phi) is 10.1. The van der Waals surface area contributed by atoms with Crippen molar-refractivity contribution in [1.29, 1.82) is 0 Å². The number of aliphatic imine (C=N–C) groups is 1. The first-order valence-corrected chi connectivity index (χ1v) is 10.0. The zero-order chi connectivity index (χ0) is 18.7. The summed E-state index contributed by atoms with van der Waals surface area (Å²) < 4.78 is 6.17. The summed E-state index contributed by atoms with van der Waals surface area (Å²) in [6.07, 6.45) is 8.42. The van der Waals surface area contributed by atoms with E-state index in [-0.39, 0.29) is 24.0 Å². The minimum Gasteiger partial charge on any atom is -0.490 e. The average Bonchev–Trinajstić information content (AvgIpc) is 2.72. The molecule has 1 heterocycles. The summed E-state index contributed by atoms with van der Waals surface area (Å²) >= 11 is 0. The highest BCUT2D eigenvalue weighted by molar-refractivity contribution is 14.0. The van der Waals surface area contributed by atoms with Crippen molar-refractivity contribution in [3.63, 3.8) is 0 Å². The number of rotatable bonds is 7. The Hall–Kier alpha value is -1.83. The molecule has 1 aliphatic carbocycles. The number of halogens is 1. The van der Waals surface area contributed by atoms with Crippen molar-refractivity contribution in [2.24, 2.45) is 4.99 Å². The van der Waals surface area contributed by atoms with Gasteiger partial charge in [0, 0.05) is 12.7 Å². The van der Waals surface area contributed by atoms with Crippen LogP contribution in [0.1, 0.15) is 50.3 Å². The zero-order valence-electron chi connectivity index (χ0n) is 16.6. The van der Waals surface area contributed by atoms with Crippen LogP contribution >= 0.6 is 24.0 Å². The molecule has 0 unspecified atom stereocenters. The van der Waals surface area contributed by atoms with Crippen LogP contribution in [0.5, 0.6) is 5.75 Å². The van der Waals surface area contributed by atoms with Crippen molar-refractivity contribution in [3.8, 4) is 5.75 Å². The van der Waals surface area contributed by atoms with Crippen LogP contribution in [-0.2, 0) is 13.1 Å². The van der Waals surface area contributed by atoms with Crippen LogP contribution in [0.3, 0.4) is 0 Å². The summed E-state index contributed by atoms with van der Waals surface area (Å²) in [5.74, 6) is 1.75. The van der Waals surface area contributed by atoms with Gasteiger partial charge in [0.05, 0.1) is 24.9 Å². The van der Waals surface area contributed by atoms with Crippen LogP contribution < -0.4 is 15.4 Å². The van der Waals surface area contributed by atoms with E-state index in [9.17, 15) is 0 Å². The van der Waals surface area contributed by atoms with Crippen LogP contribution in [0, 0.1) is 0 Å². The Morgan fingerprint density at radius 2 is 1.96 bits per heavy atom. The topological polar surface area (TPSA) is 58.5 Å². The summed E-state index contributed by atoms with van der Waals surface area (Å²) in [6, 6.07) is 14.2. The van der Waals surface area contributed by atoms with Gasteiger partial charge in [-0.3, -0.25) is 4.98 Å². The molecule has 5 nitrogen and oxygen atoms in total. The number of nitrogens with zero attached hydrogens (tertiary/aromatic N) is 2. The van der Waals surface area contributed by atoms with Gasteiger partial charge >= 0.3 is 0 Å². The van der Waals surface area contributed by atoms with Crippen molar-refractivity contribution < 1.29 is 4.74 Å². The molecule has 3 rings (SSSR count). The lowest BCUT2D eigenvalue weighted by molar-refractivity contribution is 0.155. The van der Waals surface area contributed by atoms with Gasteiger partial charge in [0.15, 0.2) is 5.96 Å². The molecule has 0 bridgehead atoms. The molecule has 0 radical (unpaired) electrons.